The summed E-state index contributed by atoms with van der Waals surface area (Å²) in [6.45, 7) is 4.26. The summed E-state index contributed by atoms with van der Waals surface area (Å²) in [5, 5.41) is 0.574. The molecule has 0 bridgehead atoms. The van der Waals surface area contributed by atoms with E-state index in [0.29, 0.717) is 39.7 Å². The molecule has 1 aliphatic rings. The number of methoxy groups -OCH3 is 1. The molecule has 0 N–H and O–H groups in total. The van der Waals surface area contributed by atoms with Crippen LogP contribution in [0.1, 0.15) is 51.6 Å². The molecule has 0 atom stereocenters. The van der Waals surface area contributed by atoms with Crippen molar-refractivity contribution in [2.75, 3.05) is 7.11 Å². The van der Waals surface area contributed by atoms with Gasteiger partial charge in [-0.05, 0) is 53.5 Å². The maximum Gasteiger partial charge on any atom is 0.348 e. The van der Waals surface area contributed by atoms with Crippen molar-refractivity contribution in [3.05, 3.63) is 119 Å². The third-order valence-corrected chi connectivity index (χ3v) is 6.89. The molecule has 6 heteroatoms. The van der Waals surface area contributed by atoms with Gasteiger partial charge in [-0.15, -0.1) is 0 Å². The number of allylic oxidation sites excluding steroid dienone is 1. The number of ether oxygens (including phenoxy) is 3. The second-order valence-corrected chi connectivity index (χ2v) is 9.84. The van der Waals surface area contributed by atoms with E-state index in [1.807, 2.05) is 54.6 Å². The molecular formula is C34H26O6. The zero-order valence-electron chi connectivity index (χ0n) is 22.3. The number of rotatable bonds is 6. The molecule has 1 aromatic heterocycles. The number of hydrogen-bond donors (Lipinski definition) is 0. The van der Waals surface area contributed by atoms with E-state index in [9.17, 15) is 9.59 Å². The molecule has 0 amide bonds. The van der Waals surface area contributed by atoms with Gasteiger partial charge in [-0.25, -0.2) is 4.79 Å². The Morgan fingerprint density at radius 1 is 0.875 bits per heavy atom. The molecule has 1 aliphatic heterocycles. The number of fused-ring (bicyclic) bond motifs is 2. The number of hydrogen-bond acceptors (Lipinski definition) is 6. The molecule has 4 aromatic carbocycles. The van der Waals surface area contributed by atoms with Gasteiger partial charge in [-0.1, -0.05) is 68.4 Å². The minimum atomic E-state index is -0.601. The van der Waals surface area contributed by atoms with Crippen LogP contribution in [-0.4, -0.2) is 18.9 Å². The molecule has 0 aliphatic carbocycles. The number of Topliss-reactive ketones (excluding diaryl/α,β-unsaturated/α-hetero) is 1. The minimum Gasteiger partial charge on any atom is -0.497 e. The Labute approximate surface area is 231 Å². The first-order valence-electron chi connectivity index (χ1n) is 13.0. The van der Waals surface area contributed by atoms with Gasteiger partial charge in [0.1, 0.15) is 34.2 Å². The van der Waals surface area contributed by atoms with Gasteiger partial charge in [0.25, 0.3) is 0 Å². The fraction of sp³-hybridized carbons (Fsp3) is 0.118. The summed E-state index contributed by atoms with van der Waals surface area (Å²) in [5.74, 6) is 1.38. The number of esters is 1. The maximum absolute atomic E-state index is 13.6. The third-order valence-electron chi connectivity index (χ3n) is 6.89. The molecule has 0 radical (unpaired) electrons. The Morgan fingerprint density at radius 2 is 1.62 bits per heavy atom. The lowest BCUT2D eigenvalue weighted by molar-refractivity contribution is 0.0736. The van der Waals surface area contributed by atoms with Gasteiger partial charge < -0.3 is 18.6 Å². The Balaban J connectivity index is 1.30. The number of carbonyl (C=O) groups excluding carboxylic acids is 2. The fourth-order valence-electron chi connectivity index (χ4n) is 4.72. The van der Waals surface area contributed by atoms with Crippen molar-refractivity contribution in [2.45, 2.75) is 19.8 Å². The van der Waals surface area contributed by atoms with E-state index in [1.165, 1.54) is 5.56 Å². The normalized spacial score (nSPS) is 13.5. The van der Waals surface area contributed by atoms with Gasteiger partial charge >= 0.3 is 5.97 Å². The van der Waals surface area contributed by atoms with Crippen LogP contribution in [0.2, 0.25) is 0 Å². The van der Waals surface area contributed by atoms with Crippen molar-refractivity contribution in [1.29, 1.82) is 0 Å². The van der Waals surface area contributed by atoms with Crippen LogP contribution < -0.4 is 14.2 Å². The molecule has 198 valence electrons. The first-order chi connectivity index (χ1) is 19.4. The van der Waals surface area contributed by atoms with Crippen LogP contribution in [0.5, 0.6) is 17.2 Å². The monoisotopic (exact) mass is 530 g/mol. The summed E-state index contributed by atoms with van der Waals surface area (Å²) in [4.78, 5) is 26.6. The highest BCUT2D eigenvalue weighted by Crippen LogP contribution is 2.38. The Morgan fingerprint density at radius 3 is 2.35 bits per heavy atom. The van der Waals surface area contributed by atoms with Gasteiger partial charge in [0.2, 0.25) is 5.78 Å². The van der Waals surface area contributed by atoms with Crippen molar-refractivity contribution < 1.29 is 28.2 Å². The first-order valence-corrected chi connectivity index (χ1v) is 13.0. The lowest BCUT2D eigenvalue weighted by atomic mass is 10.0. The highest BCUT2D eigenvalue weighted by atomic mass is 16.5. The first kappa shape index (κ1) is 25.2. The topological polar surface area (TPSA) is 75.0 Å². The molecule has 5 aromatic rings. The molecule has 6 rings (SSSR count). The van der Waals surface area contributed by atoms with Gasteiger partial charge in [0, 0.05) is 17.0 Å². The quantitative estimate of drug-likeness (QED) is 0.126. The van der Waals surface area contributed by atoms with E-state index in [2.05, 4.69) is 13.8 Å². The summed E-state index contributed by atoms with van der Waals surface area (Å²) in [6.07, 6.45) is 1.72. The van der Waals surface area contributed by atoms with Crippen molar-refractivity contribution in [3.63, 3.8) is 0 Å². The zero-order valence-corrected chi connectivity index (χ0v) is 22.3. The number of furan rings is 1. The summed E-state index contributed by atoms with van der Waals surface area (Å²) < 4.78 is 23.2. The lowest BCUT2D eigenvalue weighted by Gasteiger charge is -2.07. The lowest BCUT2D eigenvalue weighted by Crippen LogP contribution is -2.09. The Hall–Kier alpha value is -5.10. The smallest absolute Gasteiger partial charge is 0.348 e. The van der Waals surface area contributed by atoms with Crippen LogP contribution in [0.4, 0.5) is 0 Å². The predicted molar refractivity (Wildman–Crippen MR) is 153 cm³/mol. The van der Waals surface area contributed by atoms with E-state index in [4.69, 9.17) is 18.6 Å². The Kier molecular flexibility index (Phi) is 6.44. The summed E-state index contributed by atoms with van der Waals surface area (Å²) >= 11 is 0. The molecule has 40 heavy (non-hydrogen) atoms. The van der Waals surface area contributed by atoms with Gasteiger partial charge in [-0.2, -0.15) is 0 Å². The summed E-state index contributed by atoms with van der Waals surface area (Å²) in [6, 6.07) is 27.4. The van der Waals surface area contributed by atoms with E-state index in [-0.39, 0.29) is 22.9 Å². The molecule has 0 spiro atoms. The number of carbonyl (C=O) groups is 2. The second-order valence-electron chi connectivity index (χ2n) is 9.84. The van der Waals surface area contributed by atoms with Crippen molar-refractivity contribution in [1.82, 2.24) is 0 Å². The minimum absolute atomic E-state index is 0.218. The van der Waals surface area contributed by atoms with E-state index >= 15 is 0 Å². The Bertz CT molecular complexity index is 1780. The van der Waals surface area contributed by atoms with Crippen molar-refractivity contribution in [2.24, 2.45) is 0 Å². The largest absolute Gasteiger partial charge is 0.497 e. The third kappa shape index (κ3) is 4.64. The van der Waals surface area contributed by atoms with E-state index < -0.39 is 5.97 Å². The molecular weight excluding hydrogens is 504 g/mol. The van der Waals surface area contributed by atoms with Crippen molar-refractivity contribution in [3.8, 4) is 28.6 Å². The second kappa shape index (κ2) is 10.2. The predicted octanol–water partition coefficient (Wildman–Crippen LogP) is 8.07. The molecule has 2 heterocycles. The van der Waals surface area contributed by atoms with Gasteiger partial charge in [-0.3, -0.25) is 4.79 Å². The van der Waals surface area contributed by atoms with Gasteiger partial charge in [0.15, 0.2) is 5.76 Å². The fourth-order valence-corrected chi connectivity index (χ4v) is 4.72. The van der Waals surface area contributed by atoms with Gasteiger partial charge in [0.05, 0.1) is 12.7 Å². The zero-order chi connectivity index (χ0) is 27.8. The average molecular weight is 531 g/mol. The number of ketones is 1. The van der Waals surface area contributed by atoms with Crippen LogP contribution in [-0.2, 0) is 0 Å². The molecule has 0 fully saturated rings. The van der Waals surface area contributed by atoms with E-state index in [1.54, 1.807) is 49.6 Å². The van der Waals surface area contributed by atoms with Crippen LogP contribution in [0.3, 0.4) is 0 Å². The maximum atomic E-state index is 13.6. The van der Waals surface area contributed by atoms with E-state index in [0.717, 1.165) is 11.1 Å². The summed E-state index contributed by atoms with van der Waals surface area (Å²) in [7, 11) is 1.56. The molecule has 0 saturated heterocycles. The molecule has 0 saturated carbocycles. The van der Waals surface area contributed by atoms with Crippen LogP contribution in [0.25, 0.3) is 28.4 Å². The number of benzene rings is 4. The average Bonchev–Trinajstić information content (AvgIpc) is 3.50. The molecule has 6 nitrogen and oxygen atoms in total. The SMILES string of the molecule is COc1ccc2oc(-c3ccccc3)c(C(=O)Oc3ccc4c(c3)O/C(=C\c3ccc(C(C)C)cc3)C4=O)c2c1. The summed E-state index contributed by atoms with van der Waals surface area (Å²) in [5.41, 5.74) is 4.04. The van der Waals surface area contributed by atoms with Crippen molar-refractivity contribution >= 4 is 28.8 Å². The van der Waals surface area contributed by atoms with Crippen LogP contribution in [0.15, 0.2) is 101 Å². The van der Waals surface area contributed by atoms with Crippen LogP contribution >= 0.6 is 0 Å². The van der Waals surface area contributed by atoms with Crippen LogP contribution in [0, 0.1) is 0 Å². The highest BCUT2D eigenvalue weighted by molar-refractivity contribution is 6.15. The highest BCUT2D eigenvalue weighted by Gasteiger charge is 2.29. The standard InChI is InChI=1S/C34H26O6/c1-20(2)22-11-9-21(10-12-22)17-30-32(35)26-15-13-25(19-29(26)39-30)38-34(36)31-27-18-24(37-3)14-16-28(27)40-33(31)23-7-5-4-6-8-23/h4-20H,1-3H3/b30-17-. The molecule has 0 unspecified atom stereocenters.